The number of carboxylic acids is 2. The quantitative estimate of drug-likeness (QED) is 0.293. The monoisotopic (exact) mass is 505 g/mol. The zero-order chi connectivity index (χ0) is 26.4. The molecule has 1 heterocycles. The molecule has 34 heavy (non-hydrogen) atoms. The lowest BCUT2D eigenvalue weighted by Crippen LogP contribution is -2.42. The Labute approximate surface area is 190 Å². The number of rotatable bonds is 6. The summed E-state index contributed by atoms with van der Waals surface area (Å²) in [5.74, 6) is -4.87. The molecule has 1 aromatic carbocycles. The Morgan fingerprint density at radius 3 is 1.94 bits per heavy atom. The van der Waals surface area contributed by atoms with Gasteiger partial charge in [-0.3, -0.25) is 4.79 Å². The molecule has 0 spiro atoms. The minimum atomic E-state index is -5.08. The first-order valence-corrected chi connectivity index (χ1v) is 9.65. The number of amides is 1. The second-order valence-electron chi connectivity index (χ2n) is 6.57. The molecule has 5 N–H and O–H groups in total. The van der Waals surface area contributed by atoms with Crippen LogP contribution < -0.4 is 20.7 Å². The predicted octanol–water partition coefficient (Wildman–Crippen LogP) is 2.03. The highest BCUT2D eigenvalue weighted by atomic mass is 19.4. The Morgan fingerprint density at radius 2 is 1.50 bits per heavy atom. The Morgan fingerprint density at radius 1 is 1.00 bits per heavy atom. The molecule has 1 aliphatic heterocycles. The molecule has 0 bridgehead atoms. The Balaban J connectivity index is 0.000000642. The van der Waals surface area contributed by atoms with Crippen LogP contribution in [-0.4, -0.2) is 79.7 Å². The average molecular weight is 505 g/mol. The Kier molecular flexibility index (Phi) is 13.6. The number of piperidine rings is 1. The summed E-state index contributed by atoms with van der Waals surface area (Å²) >= 11 is 0. The van der Waals surface area contributed by atoms with E-state index in [-0.39, 0.29) is 5.91 Å². The largest absolute Gasteiger partial charge is 0.497 e. The maximum atomic E-state index is 12.0. The first kappa shape index (κ1) is 30.9. The zero-order valence-corrected chi connectivity index (χ0v) is 17.9. The van der Waals surface area contributed by atoms with Crippen molar-refractivity contribution in [1.29, 1.82) is 0 Å². The highest BCUT2D eigenvalue weighted by Crippen LogP contribution is 2.14. The third-order valence-electron chi connectivity index (χ3n) is 4.00. The Bertz CT molecular complexity index is 759. The smallest absolute Gasteiger partial charge is 0.490 e. The number of hydrogen-bond acceptors (Lipinski definition) is 6. The second kappa shape index (κ2) is 15.0. The first-order chi connectivity index (χ1) is 15.7. The number of nitrogens with one attached hydrogen (secondary N) is 3. The van der Waals surface area contributed by atoms with Crippen molar-refractivity contribution in [2.75, 3.05) is 33.3 Å². The number of hydrogen-bond donors (Lipinski definition) is 5. The first-order valence-electron chi connectivity index (χ1n) is 9.65. The van der Waals surface area contributed by atoms with E-state index in [0.717, 1.165) is 32.5 Å². The molecular weight excluding hydrogens is 480 g/mol. The van der Waals surface area contributed by atoms with Crippen LogP contribution in [0.3, 0.4) is 0 Å². The topological polar surface area (TPSA) is 137 Å². The van der Waals surface area contributed by atoms with Gasteiger partial charge in [0.2, 0.25) is 0 Å². The van der Waals surface area contributed by atoms with Crippen molar-refractivity contribution in [3.05, 3.63) is 29.8 Å². The Hall–Kier alpha value is -3.07. The van der Waals surface area contributed by atoms with Gasteiger partial charge in [-0.05, 0) is 44.1 Å². The van der Waals surface area contributed by atoms with E-state index in [1.54, 1.807) is 19.2 Å². The van der Waals surface area contributed by atoms with Crippen molar-refractivity contribution >= 4 is 17.8 Å². The van der Waals surface area contributed by atoms with Crippen LogP contribution in [0.4, 0.5) is 26.3 Å². The van der Waals surface area contributed by atoms with E-state index in [9.17, 15) is 31.1 Å². The summed E-state index contributed by atoms with van der Waals surface area (Å²) in [6.45, 7) is 3.60. The number of ether oxygens (including phenoxy) is 1. The number of carbonyl (C=O) groups is 3. The fourth-order valence-corrected chi connectivity index (χ4v) is 2.34. The third-order valence-corrected chi connectivity index (χ3v) is 4.00. The molecule has 0 saturated carbocycles. The van der Waals surface area contributed by atoms with E-state index in [1.165, 1.54) is 0 Å². The van der Waals surface area contributed by atoms with Gasteiger partial charge < -0.3 is 30.9 Å². The van der Waals surface area contributed by atoms with Gasteiger partial charge in [0, 0.05) is 24.7 Å². The molecule has 1 fully saturated rings. The van der Waals surface area contributed by atoms with Crippen molar-refractivity contribution in [1.82, 2.24) is 16.0 Å². The van der Waals surface area contributed by atoms with Gasteiger partial charge >= 0.3 is 24.3 Å². The normalized spacial score (nSPS) is 14.0. The number of methoxy groups -OCH3 is 1. The SMILES string of the molecule is COc1cccc(C(=O)NCCNC2CCNCC2)c1.O=C(O)C(F)(F)F.O=C(O)C(F)(F)F. The molecule has 0 radical (unpaired) electrons. The highest BCUT2D eigenvalue weighted by Gasteiger charge is 2.38. The van der Waals surface area contributed by atoms with Crippen LogP contribution in [-0.2, 0) is 9.59 Å². The molecule has 9 nitrogen and oxygen atoms in total. The second-order valence-corrected chi connectivity index (χ2v) is 6.57. The van der Waals surface area contributed by atoms with E-state index < -0.39 is 24.3 Å². The minimum Gasteiger partial charge on any atom is -0.497 e. The van der Waals surface area contributed by atoms with Crippen molar-refractivity contribution < 1.29 is 55.7 Å². The highest BCUT2D eigenvalue weighted by molar-refractivity contribution is 5.94. The van der Waals surface area contributed by atoms with E-state index in [4.69, 9.17) is 24.5 Å². The van der Waals surface area contributed by atoms with Crippen molar-refractivity contribution in [3.63, 3.8) is 0 Å². The fourth-order valence-electron chi connectivity index (χ4n) is 2.34. The van der Waals surface area contributed by atoms with Gasteiger partial charge in [0.05, 0.1) is 7.11 Å². The number of halogens is 6. The average Bonchev–Trinajstić information content (AvgIpc) is 2.77. The molecule has 15 heteroatoms. The lowest BCUT2D eigenvalue weighted by Gasteiger charge is -2.23. The van der Waals surface area contributed by atoms with E-state index in [2.05, 4.69) is 16.0 Å². The van der Waals surface area contributed by atoms with E-state index in [0.29, 0.717) is 23.9 Å². The number of carboxylic acid groups (broad SMARTS) is 2. The van der Waals surface area contributed by atoms with Crippen LogP contribution in [0.15, 0.2) is 24.3 Å². The zero-order valence-electron chi connectivity index (χ0n) is 17.9. The lowest BCUT2D eigenvalue weighted by atomic mass is 10.1. The maximum absolute atomic E-state index is 12.0. The van der Waals surface area contributed by atoms with Gasteiger partial charge in [0.15, 0.2) is 0 Å². The van der Waals surface area contributed by atoms with Crippen molar-refractivity contribution in [3.8, 4) is 5.75 Å². The molecule has 0 unspecified atom stereocenters. The lowest BCUT2D eigenvalue weighted by molar-refractivity contribution is -0.193. The van der Waals surface area contributed by atoms with Crippen LogP contribution in [0.5, 0.6) is 5.75 Å². The number of benzene rings is 1. The van der Waals surface area contributed by atoms with Gasteiger partial charge in [0.25, 0.3) is 5.91 Å². The number of aliphatic carboxylic acids is 2. The summed E-state index contributed by atoms with van der Waals surface area (Å²) in [5.41, 5.74) is 0.631. The van der Waals surface area contributed by atoms with Crippen LogP contribution in [0, 0.1) is 0 Å². The van der Waals surface area contributed by atoms with Gasteiger partial charge in [-0.2, -0.15) is 26.3 Å². The summed E-state index contributed by atoms with van der Waals surface area (Å²) in [6, 6.07) is 7.76. The molecule has 194 valence electrons. The van der Waals surface area contributed by atoms with Crippen LogP contribution in [0.25, 0.3) is 0 Å². The molecule has 0 aliphatic carbocycles. The molecule has 0 aromatic heterocycles. The van der Waals surface area contributed by atoms with Crippen LogP contribution >= 0.6 is 0 Å². The molecule has 1 saturated heterocycles. The number of alkyl halides is 6. The van der Waals surface area contributed by atoms with E-state index >= 15 is 0 Å². The summed E-state index contributed by atoms with van der Waals surface area (Å²) in [6.07, 6.45) is -7.85. The van der Waals surface area contributed by atoms with Crippen molar-refractivity contribution in [2.24, 2.45) is 0 Å². The molecule has 1 aliphatic rings. The molecule has 1 amide bonds. The van der Waals surface area contributed by atoms with Gasteiger partial charge in [-0.15, -0.1) is 0 Å². The molecular formula is C19H25F6N3O6. The van der Waals surface area contributed by atoms with Gasteiger partial charge in [-0.25, -0.2) is 9.59 Å². The molecule has 1 aromatic rings. The van der Waals surface area contributed by atoms with Crippen molar-refractivity contribution in [2.45, 2.75) is 31.2 Å². The van der Waals surface area contributed by atoms with Gasteiger partial charge in [0.1, 0.15) is 5.75 Å². The predicted molar refractivity (Wildman–Crippen MR) is 107 cm³/mol. The molecule has 2 rings (SSSR count). The number of carbonyl (C=O) groups excluding carboxylic acids is 1. The van der Waals surface area contributed by atoms with Crippen LogP contribution in [0.2, 0.25) is 0 Å². The molecule has 0 atom stereocenters. The summed E-state index contributed by atoms with van der Waals surface area (Å²) in [4.78, 5) is 29.8. The summed E-state index contributed by atoms with van der Waals surface area (Å²) in [7, 11) is 1.60. The van der Waals surface area contributed by atoms with E-state index in [1.807, 2.05) is 12.1 Å². The van der Waals surface area contributed by atoms with Gasteiger partial charge in [-0.1, -0.05) is 6.07 Å². The standard InChI is InChI=1S/C15H23N3O2.2C2HF3O2/c1-20-14-4-2-3-12(11-14)15(19)18-10-9-17-13-5-7-16-8-6-13;2*3-2(4,5)1(6)7/h2-4,11,13,16-17H,5-10H2,1H3,(H,18,19);2*(H,6,7). The summed E-state index contributed by atoms with van der Waals surface area (Å²) in [5, 5.41) is 24.0. The van der Waals surface area contributed by atoms with Crippen LogP contribution in [0.1, 0.15) is 23.2 Å². The third kappa shape index (κ3) is 14.2. The maximum Gasteiger partial charge on any atom is 0.490 e. The minimum absolute atomic E-state index is 0.0592. The fraction of sp³-hybridized carbons (Fsp3) is 0.526. The summed E-state index contributed by atoms with van der Waals surface area (Å²) < 4.78 is 68.6.